The van der Waals surface area contributed by atoms with E-state index < -0.39 is 28.5 Å². The van der Waals surface area contributed by atoms with Gasteiger partial charge in [0.05, 0.1) is 17.7 Å². The molecule has 0 aliphatic heterocycles. The van der Waals surface area contributed by atoms with Gasteiger partial charge >= 0.3 is 0 Å². The van der Waals surface area contributed by atoms with Crippen molar-refractivity contribution >= 4 is 39.1 Å². The van der Waals surface area contributed by atoms with Crippen LogP contribution in [0, 0.1) is 0 Å². The molecule has 0 saturated heterocycles. The van der Waals surface area contributed by atoms with Crippen molar-refractivity contribution in [3.8, 4) is 5.75 Å². The zero-order valence-electron chi connectivity index (χ0n) is 23.3. The number of hydrogen-bond donors (Lipinski definition) is 1. The Morgan fingerprint density at radius 3 is 2.00 bits per heavy atom. The van der Waals surface area contributed by atoms with Crippen LogP contribution in [0.5, 0.6) is 5.75 Å². The Labute approximate surface area is 251 Å². The van der Waals surface area contributed by atoms with Crippen LogP contribution in [-0.4, -0.2) is 51.9 Å². The molecular formula is C32H32ClN3O5S. The molecule has 0 radical (unpaired) electrons. The average molecular weight is 606 g/mol. The number of benzene rings is 4. The van der Waals surface area contributed by atoms with Crippen molar-refractivity contribution in [2.24, 2.45) is 0 Å². The summed E-state index contributed by atoms with van der Waals surface area (Å²) in [4.78, 5) is 29.0. The van der Waals surface area contributed by atoms with Gasteiger partial charge in [-0.3, -0.25) is 13.9 Å². The van der Waals surface area contributed by atoms with E-state index in [4.69, 9.17) is 16.3 Å². The molecule has 0 aromatic heterocycles. The first-order valence-electron chi connectivity index (χ1n) is 13.2. The molecule has 2 amide bonds. The number of likely N-dealkylation sites (N-methyl/N-ethyl adjacent to an activating group) is 1. The fraction of sp³-hybridized carbons (Fsp3) is 0.188. The standard InChI is InChI=1S/C32H32ClN3O5S/c1-34-32(38)30(21-24-9-5-3-6-10-24)35(22-25-13-15-26(33)16-14-25)31(37)23-36(27-17-19-28(41-2)20-18-27)42(39,40)29-11-7-4-8-12-29/h3-20,30H,21-23H2,1-2H3,(H,34,38). The monoisotopic (exact) mass is 605 g/mol. The number of amides is 2. The number of anilines is 1. The van der Waals surface area contributed by atoms with Crippen LogP contribution in [0.4, 0.5) is 5.69 Å². The molecule has 0 spiro atoms. The van der Waals surface area contributed by atoms with Gasteiger partial charge in [0.25, 0.3) is 10.0 Å². The molecule has 4 rings (SSSR count). The number of nitrogens with zero attached hydrogens (tertiary/aromatic N) is 2. The highest BCUT2D eigenvalue weighted by atomic mass is 35.5. The molecule has 1 N–H and O–H groups in total. The molecule has 0 bridgehead atoms. The Balaban J connectivity index is 1.77. The third-order valence-corrected chi connectivity index (χ3v) is 8.79. The predicted molar refractivity (Wildman–Crippen MR) is 164 cm³/mol. The first-order chi connectivity index (χ1) is 20.2. The summed E-state index contributed by atoms with van der Waals surface area (Å²) >= 11 is 6.09. The lowest BCUT2D eigenvalue weighted by Crippen LogP contribution is -2.53. The average Bonchev–Trinajstić information content (AvgIpc) is 3.03. The smallest absolute Gasteiger partial charge is 0.264 e. The highest BCUT2D eigenvalue weighted by molar-refractivity contribution is 7.92. The SMILES string of the molecule is CNC(=O)C(Cc1ccccc1)N(Cc1ccc(Cl)cc1)C(=O)CN(c1ccc(OC)cc1)S(=O)(=O)c1ccccc1. The normalized spacial score (nSPS) is 11.8. The topological polar surface area (TPSA) is 96.0 Å². The van der Waals surface area contributed by atoms with E-state index in [2.05, 4.69) is 5.32 Å². The van der Waals surface area contributed by atoms with Crippen LogP contribution in [0.15, 0.2) is 114 Å². The number of carbonyl (C=O) groups is 2. The second-order valence-electron chi connectivity index (χ2n) is 9.49. The summed E-state index contributed by atoms with van der Waals surface area (Å²) in [5.41, 5.74) is 1.86. The summed E-state index contributed by atoms with van der Waals surface area (Å²) in [6.07, 6.45) is 0.230. The lowest BCUT2D eigenvalue weighted by atomic mass is 10.0. The van der Waals surface area contributed by atoms with Gasteiger partial charge in [0.1, 0.15) is 18.3 Å². The van der Waals surface area contributed by atoms with E-state index in [0.717, 1.165) is 15.4 Å². The van der Waals surface area contributed by atoms with Gasteiger partial charge < -0.3 is 15.0 Å². The van der Waals surface area contributed by atoms with Crippen molar-refractivity contribution in [1.82, 2.24) is 10.2 Å². The van der Waals surface area contributed by atoms with Gasteiger partial charge in [-0.1, -0.05) is 72.3 Å². The number of carbonyl (C=O) groups excluding carboxylic acids is 2. The fourth-order valence-electron chi connectivity index (χ4n) is 4.50. The summed E-state index contributed by atoms with van der Waals surface area (Å²) in [6.45, 7) is -0.484. The van der Waals surface area contributed by atoms with Crippen LogP contribution < -0.4 is 14.4 Å². The molecule has 218 valence electrons. The largest absolute Gasteiger partial charge is 0.497 e. The summed E-state index contributed by atoms with van der Waals surface area (Å²) < 4.78 is 34.1. The first-order valence-corrected chi connectivity index (χ1v) is 15.1. The summed E-state index contributed by atoms with van der Waals surface area (Å²) in [5, 5.41) is 3.20. The maximum absolute atomic E-state index is 14.2. The Hall–Kier alpha value is -4.34. The van der Waals surface area contributed by atoms with Gasteiger partial charge in [-0.25, -0.2) is 8.42 Å². The number of sulfonamides is 1. The maximum atomic E-state index is 14.2. The first kappa shape index (κ1) is 30.6. The molecule has 8 nitrogen and oxygen atoms in total. The molecular weight excluding hydrogens is 574 g/mol. The molecule has 10 heteroatoms. The van der Waals surface area contributed by atoms with Crippen LogP contribution in [-0.2, 0) is 32.6 Å². The predicted octanol–water partition coefficient (Wildman–Crippen LogP) is 4.93. The van der Waals surface area contributed by atoms with Crippen molar-refractivity contribution in [2.45, 2.75) is 23.9 Å². The van der Waals surface area contributed by atoms with Gasteiger partial charge in [-0.05, 0) is 59.7 Å². The van der Waals surface area contributed by atoms with E-state index in [-0.39, 0.29) is 29.5 Å². The number of methoxy groups -OCH3 is 1. The molecule has 42 heavy (non-hydrogen) atoms. The van der Waals surface area contributed by atoms with Crippen molar-refractivity contribution in [3.63, 3.8) is 0 Å². The van der Waals surface area contributed by atoms with Gasteiger partial charge in [0, 0.05) is 25.0 Å². The highest BCUT2D eigenvalue weighted by Crippen LogP contribution is 2.27. The molecule has 0 aliphatic rings. The molecule has 0 saturated carbocycles. The molecule has 4 aromatic rings. The van der Waals surface area contributed by atoms with Crippen molar-refractivity contribution in [2.75, 3.05) is 25.0 Å². The zero-order valence-corrected chi connectivity index (χ0v) is 24.9. The molecule has 1 unspecified atom stereocenters. The zero-order chi connectivity index (χ0) is 30.1. The molecule has 0 aliphatic carbocycles. The minimum atomic E-state index is -4.16. The van der Waals surface area contributed by atoms with Crippen LogP contribution >= 0.6 is 11.6 Å². The van der Waals surface area contributed by atoms with Gasteiger partial charge in [0.15, 0.2) is 0 Å². The van der Waals surface area contributed by atoms with E-state index in [9.17, 15) is 18.0 Å². The lowest BCUT2D eigenvalue weighted by Gasteiger charge is -2.33. The minimum absolute atomic E-state index is 0.0324. The van der Waals surface area contributed by atoms with Crippen LogP contribution in [0.25, 0.3) is 0 Å². The Bertz CT molecular complexity index is 1580. The van der Waals surface area contributed by atoms with Crippen LogP contribution in [0.3, 0.4) is 0 Å². The number of ether oxygens (including phenoxy) is 1. The second kappa shape index (κ2) is 14.0. The quantitative estimate of drug-likeness (QED) is 0.247. The minimum Gasteiger partial charge on any atom is -0.497 e. The number of nitrogens with one attached hydrogen (secondary N) is 1. The Morgan fingerprint density at radius 1 is 0.833 bits per heavy atom. The van der Waals surface area contributed by atoms with E-state index >= 15 is 0 Å². The second-order valence-corrected chi connectivity index (χ2v) is 11.8. The molecule has 4 aromatic carbocycles. The van der Waals surface area contributed by atoms with Crippen molar-refractivity contribution in [1.29, 1.82) is 0 Å². The molecule has 0 fully saturated rings. The molecule has 1 atom stereocenters. The third-order valence-electron chi connectivity index (χ3n) is 6.75. The summed E-state index contributed by atoms with van der Waals surface area (Å²) in [6, 6.07) is 29.7. The highest BCUT2D eigenvalue weighted by Gasteiger charge is 2.34. The number of rotatable bonds is 12. The van der Waals surface area contributed by atoms with E-state index in [0.29, 0.717) is 10.8 Å². The van der Waals surface area contributed by atoms with E-state index in [1.54, 1.807) is 66.7 Å². The maximum Gasteiger partial charge on any atom is 0.264 e. The van der Waals surface area contributed by atoms with Gasteiger partial charge in [-0.2, -0.15) is 0 Å². The van der Waals surface area contributed by atoms with Gasteiger partial charge in [-0.15, -0.1) is 0 Å². The Kier molecular flexibility index (Phi) is 10.2. The summed E-state index contributed by atoms with van der Waals surface area (Å²) in [5.74, 6) is -0.387. The fourth-order valence-corrected chi connectivity index (χ4v) is 6.07. The third kappa shape index (κ3) is 7.48. The van der Waals surface area contributed by atoms with Crippen LogP contribution in [0.1, 0.15) is 11.1 Å². The molecule has 0 heterocycles. The van der Waals surface area contributed by atoms with Crippen LogP contribution in [0.2, 0.25) is 5.02 Å². The van der Waals surface area contributed by atoms with E-state index in [1.807, 2.05) is 30.3 Å². The summed E-state index contributed by atoms with van der Waals surface area (Å²) in [7, 11) is -1.14. The number of halogens is 1. The lowest BCUT2D eigenvalue weighted by molar-refractivity contribution is -0.139. The van der Waals surface area contributed by atoms with Crippen molar-refractivity contribution in [3.05, 3.63) is 125 Å². The van der Waals surface area contributed by atoms with Gasteiger partial charge in [0.2, 0.25) is 11.8 Å². The number of hydrogen-bond acceptors (Lipinski definition) is 5. The van der Waals surface area contributed by atoms with E-state index in [1.165, 1.54) is 31.2 Å². The van der Waals surface area contributed by atoms with Crippen molar-refractivity contribution < 1.29 is 22.7 Å². The Morgan fingerprint density at radius 2 is 1.43 bits per heavy atom.